The number of carboxylic acids is 2. The van der Waals surface area contributed by atoms with Gasteiger partial charge >= 0.3 is 11.9 Å². The van der Waals surface area contributed by atoms with Crippen LogP contribution >= 0.6 is 71.1 Å². The highest BCUT2D eigenvalue weighted by molar-refractivity contribution is 8.26. The van der Waals surface area contributed by atoms with Crippen molar-refractivity contribution in [3.05, 3.63) is 28.7 Å². The van der Waals surface area contributed by atoms with Crippen LogP contribution in [0.25, 0.3) is 0 Å². The zero-order valence-corrected chi connectivity index (χ0v) is 22.4. The molecule has 4 N–H and O–H groups in total. The molecule has 1 aromatic heterocycles. The fourth-order valence-electron chi connectivity index (χ4n) is 3.07. The normalized spacial score (nSPS) is 16.9. The molecule has 3 heterocycles. The molecule has 0 aromatic carbocycles. The van der Waals surface area contributed by atoms with Crippen molar-refractivity contribution in [1.29, 1.82) is 0 Å². The predicted octanol–water partition coefficient (Wildman–Crippen LogP) is 2.54. The third-order valence-electron chi connectivity index (χ3n) is 4.51. The topological polar surface area (TPSA) is 144 Å². The van der Waals surface area contributed by atoms with Gasteiger partial charge in [0.25, 0.3) is 5.91 Å². The summed E-state index contributed by atoms with van der Waals surface area (Å²) in [6.45, 7) is 0.297. The average molecular weight is 582 g/mol. The van der Waals surface area contributed by atoms with Gasteiger partial charge in [-0.15, -0.1) is 23.5 Å². The second-order valence-corrected chi connectivity index (χ2v) is 12.3. The fraction of sp³-hybridized carbons (Fsp3) is 0.389. The molecule has 0 saturated heterocycles. The Morgan fingerprint density at radius 1 is 1.15 bits per heavy atom. The number of β-amino-alcohol motifs (C(OH)–C–C–N with tert-alkyl or cyclic N) is 1. The summed E-state index contributed by atoms with van der Waals surface area (Å²) in [5.41, 5.74) is 0.228. The van der Waals surface area contributed by atoms with Crippen molar-refractivity contribution in [2.75, 3.05) is 31.2 Å². The minimum absolute atomic E-state index is 0.0152. The molecule has 184 valence electrons. The third-order valence-corrected chi connectivity index (χ3v) is 10.7. The van der Waals surface area contributed by atoms with Gasteiger partial charge < -0.3 is 25.3 Å². The Labute approximate surface area is 221 Å². The van der Waals surface area contributed by atoms with Gasteiger partial charge in [0, 0.05) is 23.6 Å². The molecule has 0 spiro atoms. The van der Waals surface area contributed by atoms with Crippen LogP contribution in [0.15, 0.2) is 19.9 Å². The van der Waals surface area contributed by atoms with Gasteiger partial charge in [-0.2, -0.15) is 0 Å². The first kappa shape index (κ1) is 27.0. The lowest BCUT2D eigenvalue weighted by atomic mass is 10.2. The van der Waals surface area contributed by atoms with Gasteiger partial charge in [0.1, 0.15) is 23.0 Å². The lowest BCUT2D eigenvalue weighted by molar-refractivity contribution is -0.140. The van der Waals surface area contributed by atoms with Gasteiger partial charge in [0.15, 0.2) is 3.95 Å². The second-order valence-electron chi connectivity index (χ2n) is 6.79. The number of amides is 1. The Balaban J connectivity index is 1.99. The van der Waals surface area contributed by atoms with Crippen LogP contribution in [0.2, 0.25) is 0 Å². The summed E-state index contributed by atoms with van der Waals surface area (Å²) >= 11 is 15.9. The standard InChI is InChI=1S/C18H19N3O7S6/c1-8(15-19(2-3-22)16-17(34-15)32-5-4-31-16)12(27)20(6-9(23)24)14(29)11-13(28)21(7-10(25)26)18(30)33-11/h22,28H,2-7H2,1H3,(H,23,24)(H,25,26)/b15-8+. The third kappa shape index (κ3) is 5.63. The molecule has 0 saturated carbocycles. The number of carbonyl (C=O) groups excluding carboxylic acids is 1. The molecule has 2 aliphatic heterocycles. The average Bonchev–Trinajstić information content (AvgIpc) is 3.28. The Morgan fingerprint density at radius 3 is 2.44 bits per heavy atom. The van der Waals surface area contributed by atoms with Crippen molar-refractivity contribution in [2.45, 2.75) is 13.5 Å². The van der Waals surface area contributed by atoms with Crippen LogP contribution in [-0.2, 0) is 20.9 Å². The molecular weight excluding hydrogens is 563 g/mol. The first-order chi connectivity index (χ1) is 16.1. The van der Waals surface area contributed by atoms with Crippen LogP contribution in [0, 0.1) is 3.95 Å². The molecule has 0 atom stereocenters. The van der Waals surface area contributed by atoms with E-state index in [0.29, 0.717) is 5.03 Å². The zero-order valence-electron chi connectivity index (χ0n) is 17.5. The van der Waals surface area contributed by atoms with Crippen molar-refractivity contribution in [3.63, 3.8) is 0 Å². The largest absolute Gasteiger partial charge is 0.493 e. The smallest absolute Gasteiger partial charge is 0.323 e. The summed E-state index contributed by atoms with van der Waals surface area (Å²) in [5.74, 6) is -1.99. The maximum absolute atomic E-state index is 13.5. The molecule has 3 rings (SSSR count). The molecule has 1 amide bonds. The molecule has 0 bridgehead atoms. The molecule has 0 aliphatic carbocycles. The number of rotatable bonds is 8. The number of aliphatic hydroxyl groups is 1. The van der Waals surface area contributed by atoms with Gasteiger partial charge in [0.05, 0.1) is 20.9 Å². The highest BCUT2D eigenvalue weighted by atomic mass is 32.2. The van der Waals surface area contributed by atoms with E-state index in [0.717, 1.165) is 41.6 Å². The number of aliphatic carboxylic acids is 2. The monoisotopic (exact) mass is 581 g/mol. The van der Waals surface area contributed by atoms with Crippen molar-refractivity contribution >= 4 is 93.9 Å². The van der Waals surface area contributed by atoms with Crippen molar-refractivity contribution in [3.8, 4) is 5.88 Å². The van der Waals surface area contributed by atoms with E-state index in [1.807, 2.05) is 4.90 Å². The number of aliphatic hydroxyl groups excluding tert-OH is 1. The van der Waals surface area contributed by atoms with E-state index in [4.69, 9.17) is 29.5 Å². The zero-order chi connectivity index (χ0) is 25.2. The summed E-state index contributed by atoms with van der Waals surface area (Å²) < 4.78 is 1.98. The molecular formula is C18H19N3O7S6. The number of thioether (sulfide) groups is 3. The number of hydrogen-bond donors (Lipinski definition) is 4. The molecule has 0 unspecified atom stereocenters. The summed E-state index contributed by atoms with van der Waals surface area (Å²) in [6, 6.07) is 0. The van der Waals surface area contributed by atoms with Gasteiger partial charge in [-0.1, -0.05) is 35.3 Å². The Morgan fingerprint density at radius 2 is 1.82 bits per heavy atom. The van der Waals surface area contributed by atoms with E-state index >= 15 is 0 Å². The van der Waals surface area contributed by atoms with Crippen molar-refractivity contribution in [2.24, 2.45) is 0 Å². The minimum Gasteiger partial charge on any atom is -0.493 e. The van der Waals surface area contributed by atoms with Gasteiger partial charge in [-0.25, -0.2) is 0 Å². The number of hydrogen-bond acceptors (Lipinski definition) is 12. The summed E-state index contributed by atoms with van der Waals surface area (Å²) in [4.78, 5) is 38.5. The number of aromatic hydroxyl groups is 1. The molecule has 34 heavy (non-hydrogen) atoms. The molecule has 1 aromatic rings. The maximum Gasteiger partial charge on any atom is 0.323 e. The number of nitrogens with zero attached hydrogens (tertiary/aromatic N) is 3. The van der Waals surface area contributed by atoms with Crippen molar-refractivity contribution < 1.29 is 34.8 Å². The number of thiazole rings is 1. The van der Waals surface area contributed by atoms with E-state index < -0.39 is 36.8 Å². The van der Waals surface area contributed by atoms with E-state index in [9.17, 15) is 29.7 Å². The Bertz CT molecular complexity index is 1170. The van der Waals surface area contributed by atoms with E-state index in [2.05, 4.69) is 0 Å². The Hall–Kier alpha value is -1.56. The van der Waals surface area contributed by atoms with Crippen LogP contribution in [0.3, 0.4) is 0 Å². The van der Waals surface area contributed by atoms with Crippen LogP contribution in [0.5, 0.6) is 5.88 Å². The maximum atomic E-state index is 13.5. The van der Waals surface area contributed by atoms with Crippen LogP contribution in [-0.4, -0.2) is 88.8 Å². The number of carbonyl (C=O) groups is 3. The van der Waals surface area contributed by atoms with Gasteiger partial charge in [-0.05, 0) is 19.1 Å². The molecule has 16 heteroatoms. The fourth-order valence-corrected chi connectivity index (χ4v) is 8.75. The first-order valence-corrected chi connectivity index (χ1v) is 14.0. The lowest BCUT2D eigenvalue weighted by Crippen LogP contribution is -2.41. The highest BCUT2D eigenvalue weighted by Gasteiger charge is 2.36. The van der Waals surface area contributed by atoms with Gasteiger partial charge in [-0.3, -0.25) is 23.9 Å². The molecule has 0 radical (unpaired) electrons. The van der Waals surface area contributed by atoms with Crippen LogP contribution in [0.4, 0.5) is 0 Å². The molecule has 2 aliphatic rings. The number of aromatic nitrogens is 1. The number of carboxylic acid groups (broad SMARTS) is 2. The summed E-state index contributed by atoms with van der Waals surface area (Å²) in [7, 11) is 0. The molecule has 10 nitrogen and oxygen atoms in total. The van der Waals surface area contributed by atoms with E-state index in [1.165, 1.54) is 11.8 Å². The van der Waals surface area contributed by atoms with E-state index in [-0.39, 0.29) is 32.5 Å². The number of thiocarbonyl (C=S) groups is 1. The van der Waals surface area contributed by atoms with Crippen LogP contribution in [0.1, 0.15) is 11.8 Å². The van der Waals surface area contributed by atoms with Gasteiger partial charge in [0.2, 0.25) is 5.88 Å². The SMILES string of the molecule is C/C(C(=O)N(CC(=O)O)C(=S)c1sc(=S)n(CC(=O)O)c1O)=C1\SC2=C(SCCS2)N1CCO. The minimum atomic E-state index is -1.32. The second kappa shape index (κ2) is 11.5. The van der Waals surface area contributed by atoms with Crippen LogP contribution < -0.4 is 0 Å². The quantitative estimate of drug-likeness (QED) is 0.264. The summed E-state index contributed by atoms with van der Waals surface area (Å²) in [5, 5.41) is 40.1. The lowest BCUT2D eigenvalue weighted by Gasteiger charge is -2.26. The summed E-state index contributed by atoms with van der Waals surface area (Å²) in [6.07, 6.45) is 0. The van der Waals surface area contributed by atoms with Crippen molar-refractivity contribution in [1.82, 2.24) is 14.4 Å². The van der Waals surface area contributed by atoms with E-state index in [1.54, 1.807) is 30.4 Å². The Kier molecular flexibility index (Phi) is 9.10. The predicted molar refractivity (Wildman–Crippen MR) is 140 cm³/mol. The first-order valence-electron chi connectivity index (χ1n) is 9.56. The molecule has 0 fully saturated rings. The highest BCUT2D eigenvalue weighted by Crippen LogP contribution is 2.54.